The monoisotopic (exact) mass is 208 g/mol. The first-order valence-corrected chi connectivity index (χ1v) is 4.99. The Morgan fingerprint density at radius 1 is 1.53 bits per heavy atom. The summed E-state index contributed by atoms with van der Waals surface area (Å²) in [6, 6.07) is 9.48. The summed E-state index contributed by atoms with van der Waals surface area (Å²) in [6.07, 6.45) is 0.449. The number of halogens is 1. The fraction of sp³-hybridized carbons (Fsp3) is 0.417. The molecule has 80 valence electrons. The highest BCUT2D eigenvalue weighted by molar-refractivity contribution is 5.66. The fourth-order valence-electron chi connectivity index (χ4n) is 1.76. The molecule has 2 nitrogen and oxygen atoms in total. The fourth-order valence-corrected chi connectivity index (χ4v) is 1.76. The molecule has 0 saturated heterocycles. The Kier molecular flexibility index (Phi) is 2.47. The highest BCUT2D eigenvalue weighted by atomic mass is 19.1. The average Bonchev–Trinajstić information content (AvgIpc) is 2.90. The number of esters is 1. The molecule has 1 saturated carbocycles. The van der Waals surface area contributed by atoms with Crippen LogP contribution in [0.15, 0.2) is 30.3 Å². The van der Waals surface area contributed by atoms with E-state index in [1.165, 1.54) is 6.92 Å². The molecule has 0 spiro atoms. The molecular weight excluding hydrogens is 195 g/mol. The quantitative estimate of drug-likeness (QED) is 0.713. The number of ether oxygens (including phenoxy) is 1. The topological polar surface area (TPSA) is 26.3 Å². The van der Waals surface area contributed by atoms with E-state index >= 15 is 0 Å². The molecule has 0 N–H and O–H groups in total. The molecule has 0 heterocycles. The first kappa shape index (κ1) is 10.1. The maximum atomic E-state index is 13.9. The number of alkyl halides is 1. The van der Waals surface area contributed by atoms with Crippen LogP contribution in [0.4, 0.5) is 4.39 Å². The molecule has 2 unspecified atom stereocenters. The van der Waals surface area contributed by atoms with E-state index in [0.29, 0.717) is 6.42 Å². The van der Waals surface area contributed by atoms with E-state index < -0.39 is 11.6 Å². The van der Waals surface area contributed by atoms with Crippen LogP contribution in [0.5, 0.6) is 0 Å². The predicted octanol–water partition coefficient (Wildman–Crippen LogP) is 2.45. The Labute approximate surface area is 88.1 Å². The lowest BCUT2D eigenvalue weighted by Gasteiger charge is -2.07. The SMILES string of the molecule is CC(=O)OCC1(F)CC1c1ccccc1. The maximum Gasteiger partial charge on any atom is 0.302 e. The minimum atomic E-state index is -1.34. The van der Waals surface area contributed by atoms with Crippen molar-refractivity contribution < 1.29 is 13.9 Å². The zero-order chi connectivity index (χ0) is 10.9. The Bertz CT molecular complexity index is 363. The smallest absolute Gasteiger partial charge is 0.302 e. The van der Waals surface area contributed by atoms with Crippen molar-refractivity contribution in [3.63, 3.8) is 0 Å². The second kappa shape index (κ2) is 3.65. The van der Waals surface area contributed by atoms with Crippen molar-refractivity contribution in [2.24, 2.45) is 0 Å². The summed E-state index contributed by atoms with van der Waals surface area (Å²) in [6.45, 7) is 1.17. The molecule has 15 heavy (non-hydrogen) atoms. The van der Waals surface area contributed by atoms with Crippen LogP contribution in [-0.4, -0.2) is 18.2 Å². The van der Waals surface area contributed by atoms with Gasteiger partial charge in [0.1, 0.15) is 6.61 Å². The molecule has 0 bridgehead atoms. The summed E-state index contributed by atoms with van der Waals surface area (Å²) < 4.78 is 18.6. The van der Waals surface area contributed by atoms with Crippen molar-refractivity contribution in [3.05, 3.63) is 35.9 Å². The molecule has 1 aliphatic carbocycles. The van der Waals surface area contributed by atoms with Crippen molar-refractivity contribution >= 4 is 5.97 Å². The predicted molar refractivity (Wildman–Crippen MR) is 54.3 cm³/mol. The zero-order valence-corrected chi connectivity index (χ0v) is 8.57. The molecule has 1 fully saturated rings. The molecule has 1 aliphatic rings. The number of hydrogen-bond donors (Lipinski definition) is 0. The normalized spacial score (nSPS) is 28.5. The minimum Gasteiger partial charge on any atom is -0.462 e. The molecule has 0 amide bonds. The third-order valence-corrected chi connectivity index (χ3v) is 2.73. The molecule has 2 rings (SSSR count). The van der Waals surface area contributed by atoms with Gasteiger partial charge < -0.3 is 4.74 Å². The first-order valence-electron chi connectivity index (χ1n) is 4.99. The number of carbonyl (C=O) groups is 1. The van der Waals surface area contributed by atoms with Gasteiger partial charge in [-0.1, -0.05) is 30.3 Å². The standard InChI is InChI=1S/C12H13FO2/c1-9(14)15-8-12(13)7-11(12)10-5-3-2-4-6-10/h2-6,11H,7-8H2,1H3. The van der Waals surface area contributed by atoms with Gasteiger partial charge in [0.15, 0.2) is 5.67 Å². The summed E-state index contributed by atoms with van der Waals surface area (Å²) in [5.41, 5.74) is -0.361. The largest absolute Gasteiger partial charge is 0.462 e. The molecule has 1 aromatic carbocycles. The lowest BCUT2D eigenvalue weighted by molar-refractivity contribution is -0.143. The van der Waals surface area contributed by atoms with Gasteiger partial charge in [0.25, 0.3) is 0 Å². The molecule has 0 aromatic heterocycles. The van der Waals surface area contributed by atoms with Gasteiger partial charge >= 0.3 is 5.97 Å². The van der Waals surface area contributed by atoms with Crippen molar-refractivity contribution in [2.45, 2.75) is 24.9 Å². The van der Waals surface area contributed by atoms with Gasteiger partial charge in [0.05, 0.1) is 0 Å². The molecule has 0 radical (unpaired) electrons. The van der Waals surface area contributed by atoms with Crippen molar-refractivity contribution in [3.8, 4) is 0 Å². The second-order valence-electron chi connectivity index (χ2n) is 3.98. The minimum absolute atomic E-state index is 0.113. The van der Waals surface area contributed by atoms with Gasteiger partial charge in [-0.05, 0) is 12.0 Å². The molecular formula is C12H13FO2. The van der Waals surface area contributed by atoms with Crippen LogP contribution < -0.4 is 0 Å². The van der Waals surface area contributed by atoms with Crippen LogP contribution in [0.2, 0.25) is 0 Å². The van der Waals surface area contributed by atoms with Crippen LogP contribution in [0.25, 0.3) is 0 Å². The van der Waals surface area contributed by atoms with Gasteiger partial charge in [-0.25, -0.2) is 4.39 Å². The number of carbonyl (C=O) groups excluding carboxylic acids is 1. The summed E-state index contributed by atoms with van der Waals surface area (Å²) in [7, 11) is 0. The first-order chi connectivity index (χ1) is 7.12. The van der Waals surface area contributed by atoms with E-state index in [9.17, 15) is 9.18 Å². The van der Waals surface area contributed by atoms with Gasteiger partial charge in [-0.15, -0.1) is 0 Å². The zero-order valence-electron chi connectivity index (χ0n) is 8.57. The van der Waals surface area contributed by atoms with E-state index in [1.807, 2.05) is 30.3 Å². The molecule has 0 aliphatic heterocycles. The summed E-state index contributed by atoms with van der Waals surface area (Å²) in [5, 5.41) is 0. The van der Waals surface area contributed by atoms with Crippen molar-refractivity contribution in [2.75, 3.05) is 6.61 Å². The van der Waals surface area contributed by atoms with E-state index in [2.05, 4.69) is 0 Å². The van der Waals surface area contributed by atoms with Crippen LogP contribution in [0.1, 0.15) is 24.8 Å². The maximum absolute atomic E-state index is 13.9. The summed E-state index contributed by atoms with van der Waals surface area (Å²) in [4.78, 5) is 10.6. The Balaban J connectivity index is 1.97. The summed E-state index contributed by atoms with van der Waals surface area (Å²) >= 11 is 0. The molecule has 1 aromatic rings. The van der Waals surface area contributed by atoms with Crippen LogP contribution in [0, 0.1) is 0 Å². The van der Waals surface area contributed by atoms with Crippen LogP contribution >= 0.6 is 0 Å². The second-order valence-corrected chi connectivity index (χ2v) is 3.98. The highest BCUT2D eigenvalue weighted by Gasteiger charge is 2.57. The van der Waals surface area contributed by atoms with E-state index in [0.717, 1.165) is 5.56 Å². The highest BCUT2D eigenvalue weighted by Crippen LogP contribution is 2.54. The molecule has 3 heteroatoms. The third-order valence-electron chi connectivity index (χ3n) is 2.73. The van der Waals surface area contributed by atoms with E-state index in [-0.39, 0.29) is 12.5 Å². The number of rotatable bonds is 3. The molecule has 2 atom stereocenters. The van der Waals surface area contributed by atoms with E-state index in [4.69, 9.17) is 4.74 Å². The lowest BCUT2D eigenvalue weighted by Crippen LogP contribution is -2.16. The Morgan fingerprint density at radius 2 is 2.20 bits per heavy atom. The van der Waals surface area contributed by atoms with Crippen LogP contribution in [-0.2, 0) is 9.53 Å². The van der Waals surface area contributed by atoms with Gasteiger partial charge in [-0.2, -0.15) is 0 Å². The number of hydrogen-bond acceptors (Lipinski definition) is 2. The Hall–Kier alpha value is -1.38. The number of benzene rings is 1. The van der Waals surface area contributed by atoms with Gasteiger partial charge in [0.2, 0.25) is 0 Å². The van der Waals surface area contributed by atoms with Crippen molar-refractivity contribution in [1.82, 2.24) is 0 Å². The summed E-state index contributed by atoms with van der Waals surface area (Å²) in [5.74, 6) is -0.538. The van der Waals surface area contributed by atoms with E-state index in [1.54, 1.807) is 0 Å². The van der Waals surface area contributed by atoms with Gasteiger partial charge in [-0.3, -0.25) is 4.79 Å². The third kappa shape index (κ3) is 2.17. The lowest BCUT2D eigenvalue weighted by atomic mass is 10.1. The van der Waals surface area contributed by atoms with Gasteiger partial charge in [0, 0.05) is 12.8 Å². The Morgan fingerprint density at radius 3 is 2.80 bits per heavy atom. The van der Waals surface area contributed by atoms with Crippen molar-refractivity contribution in [1.29, 1.82) is 0 Å². The van der Waals surface area contributed by atoms with Crippen LogP contribution in [0.3, 0.4) is 0 Å². The average molecular weight is 208 g/mol.